The van der Waals surface area contributed by atoms with Gasteiger partial charge in [0.1, 0.15) is 0 Å². The minimum Gasteiger partial charge on any atom is -0.392 e. The molecule has 0 aliphatic carbocycles. The van der Waals surface area contributed by atoms with Crippen molar-refractivity contribution in [1.82, 2.24) is 18.7 Å². The van der Waals surface area contributed by atoms with Crippen molar-refractivity contribution in [2.45, 2.75) is 19.6 Å². The molecule has 1 aromatic carbocycles. The number of nitrogens with zero attached hydrogens (tertiary/aromatic N) is 4. The zero-order valence-corrected chi connectivity index (χ0v) is 15.6. The summed E-state index contributed by atoms with van der Waals surface area (Å²) >= 11 is 0. The summed E-state index contributed by atoms with van der Waals surface area (Å²) in [5.74, 6) is 0.432. The molecular formula is C19H23N5O3. The zero-order chi connectivity index (χ0) is 19.6. The summed E-state index contributed by atoms with van der Waals surface area (Å²) in [6, 6.07) is 9.82. The van der Waals surface area contributed by atoms with E-state index in [0.29, 0.717) is 23.7 Å². The Morgan fingerprint density at radius 3 is 2.56 bits per heavy atom. The van der Waals surface area contributed by atoms with Crippen molar-refractivity contribution in [3.63, 3.8) is 0 Å². The van der Waals surface area contributed by atoms with Crippen LogP contribution in [0.25, 0.3) is 17.2 Å². The van der Waals surface area contributed by atoms with Crippen molar-refractivity contribution >= 4 is 23.2 Å². The Morgan fingerprint density at radius 2 is 1.89 bits per heavy atom. The molecule has 3 rings (SSSR count). The van der Waals surface area contributed by atoms with Gasteiger partial charge in [0.25, 0.3) is 5.56 Å². The molecule has 2 aromatic heterocycles. The Hall–Kier alpha value is -3.13. The first-order valence-corrected chi connectivity index (χ1v) is 8.70. The van der Waals surface area contributed by atoms with E-state index < -0.39 is 17.4 Å². The molecule has 0 aliphatic heterocycles. The minimum absolute atomic E-state index is 0.278. The number of imidazole rings is 1. The van der Waals surface area contributed by atoms with Gasteiger partial charge in [0.05, 0.1) is 6.10 Å². The number of aliphatic hydroxyl groups excluding tert-OH is 1. The van der Waals surface area contributed by atoms with Crippen molar-refractivity contribution < 1.29 is 5.11 Å². The van der Waals surface area contributed by atoms with Crippen molar-refractivity contribution in [3.8, 4) is 0 Å². The van der Waals surface area contributed by atoms with Crippen molar-refractivity contribution in [1.29, 1.82) is 0 Å². The molecule has 27 heavy (non-hydrogen) atoms. The summed E-state index contributed by atoms with van der Waals surface area (Å²) in [4.78, 5) is 29.3. The molecule has 0 fully saturated rings. The van der Waals surface area contributed by atoms with Crippen molar-refractivity contribution in [2.75, 3.05) is 11.9 Å². The molecule has 0 amide bonds. The Morgan fingerprint density at radius 1 is 1.19 bits per heavy atom. The smallest absolute Gasteiger partial charge is 0.332 e. The van der Waals surface area contributed by atoms with Crippen LogP contribution >= 0.6 is 0 Å². The molecule has 8 nitrogen and oxygen atoms in total. The SMILES string of the molecule is C[C@H](O)CNc1nc2c(c(=O)n(C)c(=O)n2C)n1C/C=C/c1ccccc1. The summed E-state index contributed by atoms with van der Waals surface area (Å²) in [5, 5.41) is 12.6. The fourth-order valence-corrected chi connectivity index (χ4v) is 2.86. The number of aryl methyl sites for hydroxylation is 1. The van der Waals surface area contributed by atoms with E-state index in [1.165, 1.54) is 11.6 Å². The highest BCUT2D eigenvalue weighted by Gasteiger charge is 2.18. The average molecular weight is 369 g/mol. The van der Waals surface area contributed by atoms with E-state index in [9.17, 15) is 14.7 Å². The summed E-state index contributed by atoms with van der Waals surface area (Å²) in [5.41, 5.74) is 0.855. The largest absolute Gasteiger partial charge is 0.392 e. The van der Waals surface area contributed by atoms with Gasteiger partial charge in [-0.1, -0.05) is 42.5 Å². The number of rotatable bonds is 6. The lowest BCUT2D eigenvalue weighted by Gasteiger charge is -2.10. The van der Waals surface area contributed by atoms with Crippen LogP contribution < -0.4 is 16.6 Å². The number of hydrogen-bond acceptors (Lipinski definition) is 5. The number of allylic oxidation sites excluding steroid dienone is 1. The molecule has 0 bridgehead atoms. The highest BCUT2D eigenvalue weighted by Crippen LogP contribution is 2.16. The molecular weight excluding hydrogens is 346 g/mol. The van der Waals surface area contributed by atoms with Gasteiger partial charge >= 0.3 is 5.69 Å². The number of aliphatic hydroxyl groups is 1. The molecule has 142 valence electrons. The highest BCUT2D eigenvalue weighted by atomic mass is 16.3. The van der Waals surface area contributed by atoms with Gasteiger partial charge in [-0.05, 0) is 12.5 Å². The molecule has 0 saturated carbocycles. The first kappa shape index (κ1) is 18.7. The van der Waals surface area contributed by atoms with Gasteiger partial charge in [-0.2, -0.15) is 4.98 Å². The van der Waals surface area contributed by atoms with E-state index in [4.69, 9.17) is 0 Å². The van der Waals surface area contributed by atoms with Crippen LogP contribution in [0.3, 0.4) is 0 Å². The summed E-state index contributed by atoms with van der Waals surface area (Å²) in [6.07, 6.45) is 3.30. The molecule has 0 spiro atoms. The summed E-state index contributed by atoms with van der Waals surface area (Å²) in [7, 11) is 3.03. The first-order valence-electron chi connectivity index (χ1n) is 8.70. The number of anilines is 1. The van der Waals surface area contributed by atoms with Gasteiger partial charge in [-0.15, -0.1) is 0 Å². The number of fused-ring (bicyclic) bond motifs is 1. The lowest BCUT2D eigenvalue weighted by Crippen LogP contribution is -2.37. The molecule has 0 saturated heterocycles. The maximum atomic E-state index is 12.7. The predicted octanol–water partition coefficient (Wildman–Crippen LogP) is 0.940. The van der Waals surface area contributed by atoms with Crippen LogP contribution in [0.5, 0.6) is 0 Å². The Balaban J connectivity index is 2.09. The number of benzene rings is 1. The third-order valence-corrected chi connectivity index (χ3v) is 4.30. The maximum absolute atomic E-state index is 12.7. The van der Waals surface area contributed by atoms with Gasteiger partial charge in [0.2, 0.25) is 5.95 Å². The lowest BCUT2D eigenvalue weighted by molar-refractivity contribution is 0.208. The zero-order valence-electron chi connectivity index (χ0n) is 15.6. The normalized spacial score (nSPS) is 12.7. The predicted molar refractivity (Wildman–Crippen MR) is 106 cm³/mol. The van der Waals surface area contributed by atoms with Crippen LogP contribution in [-0.2, 0) is 20.6 Å². The van der Waals surface area contributed by atoms with Crippen molar-refractivity contribution in [3.05, 3.63) is 62.8 Å². The van der Waals surface area contributed by atoms with Gasteiger partial charge in [-0.25, -0.2) is 4.79 Å². The van der Waals surface area contributed by atoms with Gasteiger partial charge in [0.15, 0.2) is 11.2 Å². The highest BCUT2D eigenvalue weighted by molar-refractivity contribution is 5.74. The van der Waals surface area contributed by atoms with Crippen molar-refractivity contribution in [2.24, 2.45) is 14.1 Å². The Bertz CT molecular complexity index is 1090. The topological polar surface area (TPSA) is 94.1 Å². The van der Waals surface area contributed by atoms with Crippen LogP contribution in [0.15, 0.2) is 46.0 Å². The second-order valence-corrected chi connectivity index (χ2v) is 6.47. The van der Waals surface area contributed by atoms with E-state index >= 15 is 0 Å². The second kappa shape index (κ2) is 7.63. The Labute approximate surface area is 156 Å². The molecule has 3 aromatic rings. The molecule has 1 atom stereocenters. The van der Waals surface area contributed by atoms with E-state index in [1.807, 2.05) is 42.5 Å². The van der Waals surface area contributed by atoms with E-state index in [2.05, 4.69) is 10.3 Å². The molecule has 0 radical (unpaired) electrons. The van der Waals surface area contributed by atoms with Crippen LogP contribution in [-0.4, -0.2) is 36.4 Å². The van der Waals surface area contributed by atoms with Crippen LogP contribution in [0.1, 0.15) is 12.5 Å². The third-order valence-electron chi connectivity index (χ3n) is 4.30. The van der Waals surface area contributed by atoms with Gasteiger partial charge in [0, 0.05) is 27.2 Å². The molecule has 8 heteroatoms. The average Bonchev–Trinajstić information content (AvgIpc) is 3.02. The quantitative estimate of drug-likeness (QED) is 0.674. The van der Waals surface area contributed by atoms with Crippen LogP contribution in [0, 0.1) is 0 Å². The molecule has 2 heterocycles. The van der Waals surface area contributed by atoms with Gasteiger partial charge < -0.3 is 15.0 Å². The Kier molecular flexibility index (Phi) is 5.27. The fraction of sp³-hybridized carbons (Fsp3) is 0.316. The number of aromatic nitrogens is 4. The molecule has 0 aliphatic rings. The van der Waals surface area contributed by atoms with E-state index in [1.54, 1.807) is 18.5 Å². The maximum Gasteiger partial charge on any atom is 0.332 e. The first-order chi connectivity index (χ1) is 12.9. The second-order valence-electron chi connectivity index (χ2n) is 6.47. The molecule has 0 unspecified atom stereocenters. The van der Waals surface area contributed by atoms with Gasteiger partial charge in [-0.3, -0.25) is 13.9 Å². The van der Waals surface area contributed by atoms with E-state index in [-0.39, 0.29) is 6.54 Å². The lowest BCUT2D eigenvalue weighted by atomic mass is 10.2. The van der Waals surface area contributed by atoms with Crippen LogP contribution in [0.4, 0.5) is 5.95 Å². The third kappa shape index (κ3) is 3.70. The number of nitrogens with one attached hydrogen (secondary N) is 1. The summed E-state index contributed by atoms with van der Waals surface area (Å²) < 4.78 is 4.14. The standard InChI is InChI=1S/C19H23N5O3/c1-13(25)12-20-18-21-16-15(17(26)23(3)19(27)22(16)2)24(18)11-7-10-14-8-5-4-6-9-14/h4-10,13,25H,11-12H2,1-3H3,(H,20,21)/b10-7+/t13-/m0/s1. The number of hydrogen-bond donors (Lipinski definition) is 2. The monoisotopic (exact) mass is 369 g/mol. The fourth-order valence-electron chi connectivity index (χ4n) is 2.86. The summed E-state index contributed by atoms with van der Waals surface area (Å²) in [6.45, 7) is 2.32. The molecule has 2 N–H and O–H groups in total. The van der Waals surface area contributed by atoms with E-state index in [0.717, 1.165) is 10.1 Å². The minimum atomic E-state index is -0.579. The van der Waals surface area contributed by atoms with Crippen LogP contribution in [0.2, 0.25) is 0 Å².